The average Bonchev–Trinajstić information content (AvgIpc) is 3.44. The molecular formula is C42H70O14. The fraction of sp³-hybridized carbons (Fsp3) is 0.952. The van der Waals surface area contributed by atoms with Crippen molar-refractivity contribution < 1.29 is 69.6 Å². The Bertz CT molecular complexity index is 1490. The van der Waals surface area contributed by atoms with Crippen molar-refractivity contribution in [1.29, 1.82) is 0 Å². The first-order valence-corrected chi connectivity index (χ1v) is 21.0. The van der Waals surface area contributed by atoms with Gasteiger partial charge in [0.2, 0.25) is 0 Å². The molecule has 7 aliphatic rings. The van der Waals surface area contributed by atoms with E-state index in [4.69, 9.17) is 23.7 Å². The fourth-order valence-electron chi connectivity index (χ4n) is 13.9. The molecule has 3 saturated heterocycles. The van der Waals surface area contributed by atoms with Crippen LogP contribution >= 0.6 is 0 Å². The predicted octanol–water partition coefficient (Wildman–Crippen LogP) is 1.48. The molecule has 0 aromatic rings. The number of aliphatic hydroxyl groups excluding tert-OH is 7. The summed E-state index contributed by atoms with van der Waals surface area (Å²) in [6.45, 7) is 18.0. The van der Waals surface area contributed by atoms with Gasteiger partial charge in [0.1, 0.15) is 48.8 Å². The third-order valence-electron chi connectivity index (χ3n) is 17.1. The minimum Gasteiger partial charge on any atom is -0.388 e. The lowest BCUT2D eigenvalue weighted by molar-refractivity contribution is -0.345. The van der Waals surface area contributed by atoms with Gasteiger partial charge in [-0.2, -0.15) is 0 Å². The van der Waals surface area contributed by atoms with Gasteiger partial charge in [-0.3, -0.25) is 0 Å². The molecule has 0 unspecified atom stereocenters. The molecule has 3 heterocycles. The van der Waals surface area contributed by atoms with Gasteiger partial charge >= 0.3 is 0 Å². The Labute approximate surface area is 331 Å². The third kappa shape index (κ3) is 6.09. The fourth-order valence-corrected chi connectivity index (χ4v) is 13.9. The van der Waals surface area contributed by atoms with Crippen LogP contribution in [0.15, 0.2) is 11.6 Å². The topological polar surface area (TPSA) is 228 Å². The highest BCUT2D eigenvalue weighted by Gasteiger charge is 2.81. The SMILES string of the molecule is CC(C)=CC[C@@H]1O[C@]2(O)[C@@H]([C@@H]3CC[C@H]4[C@@]5(C)CC[C@H](O[C@@H]6O[C@H](CO[C@@H]7O[C@@H](C)[C@H](O)[C@@H](O)[C@H]7O)[C@@H](O)[C@H](O)[C@H]6O)C(C)(C)[C@@H]5CC[C@@]4(C)[C@]3(C)[C@H]2O)[C@@]1(C)O. The summed E-state index contributed by atoms with van der Waals surface area (Å²) in [5, 5.41) is 100. The van der Waals surface area contributed by atoms with Crippen molar-refractivity contribution in [1.82, 2.24) is 0 Å². The minimum absolute atomic E-state index is 0.153. The van der Waals surface area contributed by atoms with Gasteiger partial charge in [0, 0.05) is 5.41 Å². The maximum absolute atomic E-state index is 12.4. The molecule has 56 heavy (non-hydrogen) atoms. The maximum atomic E-state index is 12.4. The average molecular weight is 799 g/mol. The van der Waals surface area contributed by atoms with Crippen LogP contribution in [-0.2, 0) is 23.7 Å². The van der Waals surface area contributed by atoms with Crippen molar-refractivity contribution in [3.63, 3.8) is 0 Å². The molecule has 0 bridgehead atoms. The number of hydrogen-bond acceptors (Lipinski definition) is 14. The Kier molecular flexibility index (Phi) is 11.1. The van der Waals surface area contributed by atoms with E-state index in [0.29, 0.717) is 12.8 Å². The van der Waals surface area contributed by atoms with E-state index >= 15 is 0 Å². The number of aliphatic hydroxyl groups is 9. The molecular weight excluding hydrogens is 728 g/mol. The van der Waals surface area contributed by atoms with E-state index in [1.54, 1.807) is 6.92 Å². The Morgan fingerprint density at radius 3 is 2.04 bits per heavy atom. The van der Waals surface area contributed by atoms with Gasteiger partial charge in [-0.1, -0.05) is 46.3 Å². The van der Waals surface area contributed by atoms with Crippen molar-refractivity contribution >= 4 is 0 Å². The zero-order valence-corrected chi connectivity index (χ0v) is 34.6. The van der Waals surface area contributed by atoms with Crippen LogP contribution in [0.25, 0.3) is 0 Å². The van der Waals surface area contributed by atoms with E-state index in [1.807, 2.05) is 19.9 Å². The van der Waals surface area contributed by atoms with Crippen molar-refractivity contribution in [3.05, 3.63) is 11.6 Å². The summed E-state index contributed by atoms with van der Waals surface area (Å²) in [5.41, 5.74) is -1.94. The van der Waals surface area contributed by atoms with Crippen LogP contribution in [0.4, 0.5) is 0 Å². The predicted molar refractivity (Wildman–Crippen MR) is 200 cm³/mol. The normalized spacial score (nSPS) is 57.8. The Morgan fingerprint density at radius 2 is 1.38 bits per heavy atom. The zero-order valence-electron chi connectivity index (χ0n) is 34.6. The first-order valence-electron chi connectivity index (χ1n) is 21.0. The van der Waals surface area contributed by atoms with Gasteiger partial charge < -0.3 is 69.6 Å². The van der Waals surface area contributed by atoms with Crippen LogP contribution in [0.5, 0.6) is 0 Å². The van der Waals surface area contributed by atoms with Crippen molar-refractivity contribution in [3.8, 4) is 0 Å². The lowest BCUT2D eigenvalue weighted by atomic mass is 9.35. The molecule has 4 aliphatic carbocycles. The molecule has 3 aliphatic heterocycles. The van der Waals surface area contributed by atoms with Crippen LogP contribution in [0.1, 0.15) is 107 Å². The summed E-state index contributed by atoms with van der Waals surface area (Å²) < 4.78 is 30.2. The van der Waals surface area contributed by atoms with E-state index in [9.17, 15) is 46.0 Å². The van der Waals surface area contributed by atoms with E-state index in [-0.39, 0.29) is 41.3 Å². The molecule has 7 fully saturated rings. The molecule has 0 radical (unpaired) electrons. The molecule has 14 heteroatoms. The summed E-state index contributed by atoms with van der Waals surface area (Å²) >= 11 is 0. The minimum atomic E-state index is -1.86. The summed E-state index contributed by atoms with van der Waals surface area (Å²) in [6.07, 6.45) is -8.84. The quantitative estimate of drug-likeness (QED) is 0.131. The third-order valence-corrected chi connectivity index (χ3v) is 17.1. The van der Waals surface area contributed by atoms with Crippen LogP contribution in [0.2, 0.25) is 0 Å². The van der Waals surface area contributed by atoms with Crippen LogP contribution in [0.3, 0.4) is 0 Å². The number of allylic oxidation sites excluding steroid dienone is 1. The monoisotopic (exact) mass is 798 g/mol. The lowest BCUT2D eigenvalue weighted by Gasteiger charge is -2.70. The highest BCUT2D eigenvalue weighted by atomic mass is 16.7. The van der Waals surface area contributed by atoms with Gasteiger partial charge in [0.05, 0.1) is 36.4 Å². The molecule has 7 rings (SSSR count). The van der Waals surface area contributed by atoms with E-state index in [2.05, 4.69) is 34.6 Å². The number of rotatable bonds is 7. The first kappa shape index (κ1) is 43.3. The second-order valence-electron chi connectivity index (χ2n) is 20.5. The van der Waals surface area contributed by atoms with Crippen LogP contribution in [-0.4, -0.2) is 144 Å². The van der Waals surface area contributed by atoms with Crippen molar-refractivity contribution in [2.24, 2.45) is 45.3 Å². The molecule has 0 aromatic heterocycles. The van der Waals surface area contributed by atoms with Gasteiger partial charge in [-0.25, -0.2) is 0 Å². The van der Waals surface area contributed by atoms with E-state index < -0.39 is 102 Å². The van der Waals surface area contributed by atoms with Crippen molar-refractivity contribution in [2.75, 3.05) is 6.61 Å². The second-order valence-corrected chi connectivity index (χ2v) is 20.5. The maximum Gasteiger partial charge on any atom is 0.198 e. The van der Waals surface area contributed by atoms with Crippen LogP contribution in [0, 0.1) is 45.3 Å². The molecule has 0 amide bonds. The number of hydrogen-bond donors (Lipinski definition) is 9. The first-order chi connectivity index (χ1) is 25.9. The van der Waals surface area contributed by atoms with Crippen molar-refractivity contribution in [2.45, 2.75) is 198 Å². The summed E-state index contributed by atoms with van der Waals surface area (Å²) in [6, 6.07) is 0. The Balaban J connectivity index is 1.07. The second kappa shape index (κ2) is 14.4. The van der Waals surface area contributed by atoms with Crippen LogP contribution < -0.4 is 0 Å². The summed E-state index contributed by atoms with van der Waals surface area (Å²) in [5.74, 6) is -2.29. The smallest absolute Gasteiger partial charge is 0.198 e. The summed E-state index contributed by atoms with van der Waals surface area (Å²) in [7, 11) is 0. The molecule has 4 saturated carbocycles. The van der Waals surface area contributed by atoms with E-state index in [0.717, 1.165) is 37.7 Å². The molecule has 0 aromatic carbocycles. The highest BCUT2D eigenvalue weighted by molar-refractivity contribution is 5.27. The Morgan fingerprint density at radius 1 is 0.732 bits per heavy atom. The molecule has 0 spiro atoms. The van der Waals surface area contributed by atoms with Gasteiger partial charge in [-0.15, -0.1) is 0 Å². The molecule has 9 N–H and O–H groups in total. The largest absolute Gasteiger partial charge is 0.388 e. The highest BCUT2D eigenvalue weighted by Crippen LogP contribution is 2.78. The molecule has 22 atom stereocenters. The molecule has 14 nitrogen and oxygen atoms in total. The van der Waals surface area contributed by atoms with Gasteiger partial charge in [0.25, 0.3) is 0 Å². The standard InChI is InChI=1S/C42H70O14/c1-19(2)10-13-26-41(9,50)33-21-11-12-24-38(6)16-15-25(37(4,5)23(38)14-17-39(24,7)40(21,8)36(49)42(33,51)56-26)55-35-32(48)30(46)28(44)22(54-35)18-52-34-31(47)29(45)27(43)20(3)53-34/h10,20-36,43-51H,11-18H2,1-9H3/t20-,21-,22+,23-,24-,25-,26-,27-,28+,29+,30-,31+,32+,33-,34+,35-,36+,38-,39+,40-,41-,42+/m0/s1. The van der Waals surface area contributed by atoms with Gasteiger partial charge in [-0.05, 0) is 107 Å². The van der Waals surface area contributed by atoms with E-state index in [1.165, 1.54) is 6.92 Å². The lowest BCUT2D eigenvalue weighted by Crippen LogP contribution is -2.67. The molecule has 322 valence electrons. The number of fused-ring (bicyclic) bond motifs is 7. The summed E-state index contributed by atoms with van der Waals surface area (Å²) in [4.78, 5) is 0. The zero-order chi connectivity index (χ0) is 41.3. The number of ether oxygens (including phenoxy) is 5. The van der Waals surface area contributed by atoms with Gasteiger partial charge in [0.15, 0.2) is 18.4 Å². The Hall–Kier alpha value is -0.820.